The van der Waals surface area contributed by atoms with Gasteiger partial charge in [-0.1, -0.05) is 35.6 Å². The molecule has 98 valence electrons. The van der Waals surface area contributed by atoms with Crippen LogP contribution in [0.15, 0.2) is 21.3 Å². The normalized spacial score (nSPS) is 16.8. The van der Waals surface area contributed by atoms with Crippen molar-refractivity contribution in [2.45, 2.75) is 33.3 Å². The maximum atomic E-state index is 10.7. The number of rotatable bonds is 8. The van der Waals surface area contributed by atoms with Gasteiger partial charge in [-0.2, -0.15) is 0 Å². The smallest absolute Gasteiger partial charge is 0.147 e. The van der Waals surface area contributed by atoms with Crippen molar-refractivity contribution in [3.63, 3.8) is 0 Å². The fourth-order valence-electron chi connectivity index (χ4n) is 1.59. The van der Waals surface area contributed by atoms with E-state index in [0.29, 0.717) is 0 Å². The summed E-state index contributed by atoms with van der Waals surface area (Å²) in [6.07, 6.45) is 3.73. The molecule has 0 amide bonds. The first-order valence-corrected chi connectivity index (χ1v) is 6.86. The molecule has 0 N–H and O–H groups in total. The second-order valence-electron chi connectivity index (χ2n) is 3.95. The molecule has 0 saturated carbocycles. The molecule has 0 aliphatic carbocycles. The van der Waals surface area contributed by atoms with Gasteiger partial charge in [0.25, 0.3) is 0 Å². The molecule has 0 bridgehead atoms. The number of ether oxygens (including phenoxy) is 2. The van der Waals surface area contributed by atoms with Gasteiger partial charge in [0.1, 0.15) is 13.1 Å². The molecule has 17 heavy (non-hydrogen) atoms. The molecule has 0 rings (SSSR count). The lowest BCUT2D eigenvalue weighted by molar-refractivity contribution is -0.104. The van der Waals surface area contributed by atoms with Gasteiger partial charge in [-0.25, -0.2) is 0 Å². The molecule has 0 spiro atoms. The zero-order valence-corrected chi connectivity index (χ0v) is 13.1. The fourth-order valence-corrected chi connectivity index (χ4v) is 1.95. The van der Waals surface area contributed by atoms with Crippen LogP contribution in [0.25, 0.3) is 0 Å². The van der Waals surface area contributed by atoms with Gasteiger partial charge in [0.15, 0.2) is 0 Å². The van der Waals surface area contributed by atoms with Crippen LogP contribution < -0.4 is 0 Å². The molecule has 0 unspecified atom stereocenters. The minimum Gasteiger partial charge on any atom is -0.359 e. The molecule has 0 aliphatic heterocycles. The van der Waals surface area contributed by atoms with Crippen LogP contribution in [0.4, 0.5) is 0 Å². The monoisotopic (exact) mass is 352 g/mol. The summed E-state index contributed by atoms with van der Waals surface area (Å²) in [5, 5.41) is 0. The van der Waals surface area contributed by atoms with Gasteiger partial charge in [-0.3, -0.25) is 4.79 Å². The molecule has 0 aromatic carbocycles. The number of carbonyl (C=O) groups excluding carboxylic acids is 1. The maximum Gasteiger partial charge on any atom is 0.147 e. The summed E-state index contributed by atoms with van der Waals surface area (Å²) < 4.78 is 12.6. The molecule has 4 heteroatoms. The predicted octanol–water partition coefficient (Wildman–Crippen LogP) is 3.49. The number of halogens is 1. The van der Waals surface area contributed by atoms with E-state index in [-0.39, 0.29) is 18.8 Å². The Balaban J connectivity index is 4.90. The lowest BCUT2D eigenvalue weighted by Crippen LogP contribution is -2.25. The molecular formula is C13H21IO3. The van der Waals surface area contributed by atoms with E-state index >= 15 is 0 Å². The Hall–Kier alpha value is -0.200. The number of aldehydes is 1. The first-order valence-electron chi connectivity index (χ1n) is 5.61. The molecular weight excluding hydrogens is 331 g/mol. The topological polar surface area (TPSA) is 35.5 Å². The highest BCUT2D eigenvalue weighted by Crippen LogP contribution is 2.23. The summed E-state index contributed by atoms with van der Waals surface area (Å²) in [6, 6.07) is 0. The van der Waals surface area contributed by atoms with Gasteiger partial charge in [0.05, 0.1) is 6.10 Å². The van der Waals surface area contributed by atoms with E-state index in [2.05, 4.69) is 29.5 Å². The van der Waals surface area contributed by atoms with Crippen molar-refractivity contribution in [1.82, 2.24) is 0 Å². The van der Waals surface area contributed by atoms with Crippen molar-refractivity contribution in [1.29, 1.82) is 0 Å². The zero-order chi connectivity index (χ0) is 13.3. The van der Waals surface area contributed by atoms with E-state index in [9.17, 15) is 4.79 Å². The van der Waals surface area contributed by atoms with Crippen molar-refractivity contribution in [3.05, 3.63) is 21.3 Å². The van der Waals surface area contributed by atoms with E-state index in [1.807, 2.05) is 24.0 Å². The minimum absolute atomic E-state index is 0.0354. The Morgan fingerprint density at radius 1 is 1.41 bits per heavy atom. The summed E-state index contributed by atoms with van der Waals surface area (Å²) >= 11 is 2.20. The fraction of sp³-hybridized carbons (Fsp3) is 0.615. The van der Waals surface area contributed by atoms with Crippen LogP contribution in [0.1, 0.15) is 27.2 Å². The third kappa shape index (κ3) is 6.33. The molecule has 3 nitrogen and oxygen atoms in total. The quantitative estimate of drug-likeness (QED) is 0.290. The number of hydrogen-bond acceptors (Lipinski definition) is 3. The molecule has 2 atom stereocenters. The summed E-state index contributed by atoms with van der Waals surface area (Å²) in [5.41, 5.74) is 1.88. The van der Waals surface area contributed by atoms with Crippen LogP contribution >= 0.6 is 22.6 Å². The molecule has 0 aromatic rings. The highest BCUT2D eigenvalue weighted by molar-refractivity contribution is 14.1. The highest BCUT2D eigenvalue weighted by atomic mass is 127. The van der Waals surface area contributed by atoms with Crippen molar-refractivity contribution in [2.24, 2.45) is 5.92 Å². The lowest BCUT2D eigenvalue weighted by Gasteiger charge is -2.24. The standard InChI is InChI=1S/C13H21IO3/c1-5-12(6-10(2)8-15)13(11(3)7-14)17-9-16-4/h6-8,12-13H,5,9H2,1-4H3/b10-6+,11-7+/t12-,13-/m0/s1. The van der Waals surface area contributed by atoms with Crippen molar-refractivity contribution >= 4 is 28.9 Å². The third-order valence-electron chi connectivity index (χ3n) is 2.51. The van der Waals surface area contributed by atoms with Crippen LogP contribution in [-0.2, 0) is 14.3 Å². The molecule has 0 aromatic heterocycles. The summed E-state index contributed by atoms with van der Waals surface area (Å²) in [4.78, 5) is 10.7. The number of hydrogen-bond donors (Lipinski definition) is 0. The number of allylic oxidation sites excluding steroid dienone is 1. The van der Waals surface area contributed by atoms with Crippen LogP contribution in [-0.4, -0.2) is 26.3 Å². The SMILES string of the molecule is CC[C@@H](/C=C(\C)C=O)[C@@H](OCOC)/C(C)=C/I. The summed E-state index contributed by atoms with van der Waals surface area (Å²) in [5.74, 6) is 0.196. The van der Waals surface area contributed by atoms with Gasteiger partial charge in [-0.05, 0) is 35.5 Å². The lowest BCUT2D eigenvalue weighted by atomic mass is 9.93. The van der Waals surface area contributed by atoms with Gasteiger partial charge >= 0.3 is 0 Å². The Kier molecular flexibility index (Phi) is 9.68. The Bertz CT molecular complexity index is 284. The first kappa shape index (κ1) is 16.8. The second kappa shape index (κ2) is 9.79. The maximum absolute atomic E-state index is 10.7. The average molecular weight is 352 g/mol. The molecule has 0 saturated heterocycles. The highest BCUT2D eigenvalue weighted by Gasteiger charge is 2.20. The molecule has 0 heterocycles. The Morgan fingerprint density at radius 3 is 2.47 bits per heavy atom. The first-order chi connectivity index (χ1) is 8.10. The summed E-state index contributed by atoms with van der Waals surface area (Å²) in [7, 11) is 1.60. The van der Waals surface area contributed by atoms with Crippen LogP contribution in [0, 0.1) is 5.92 Å². The average Bonchev–Trinajstić information content (AvgIpc) is 2.36. The molecule has 0 radical (unpaired) electrons. The number of methoxy groups -OCH3 is 1. The Morgan fingerprint density at radius 2 is 2.06 bits per heavy atom. The summed E-state index contributed by atoms with van der Waals surface area (Å²) in [6.45, 7) is 6.19. The Labute approximate surface area is 117 Å². The van der Waals surface area contributed by atoms with Crippen LogP contribution in [0.3, 0.4) is 0 Å². The van der Waals surface area contributed by atoms with Crippen LogP contribution in [0.5, 0.6) is 0 Å². The van der Waals surface area contributed by atoms with E-state index in [1.54, 1.807) is 7.11 Å². The van der Waals surface area contributed by atoms with E-state index in [0.717, 1.165) is 23.9 Å². The van der Waals surface area contributed by atoms with Crippen molar-refractivity contribution in [3.8, 4) is 0 Å². The number of carbonyl (C=O) groups is 1. The van der Waals surface area contributed by atoms with Crippen LogP contribution in [0.2, 0.25) is 0 Å². The van der Waals surface area contributed by atoms with Crippen molar-refractivity contribution in [2.75, 3.05) is 13.9 Å². The van der Waals surface area contributed by atoms with Gasteiger partial charge in [0, 0.05) is 13.0 Å². The van der Waals surface area contributed by atoms with E-state index in [4.69, 9.17) is 9.47 Å². The zero-order valence-electron chi connectivity index (χ0n) is 10.9. The minimum atomic E-state index is -0.0354. The van der Waals surface area contributed by atoms with E-state index in [1.165, 1.54) is 0 Å². The largest absolute Gasteiger partial charge is 0.359 e. The van der Waals surface area contributed by atoms with Gasteiger partial charge in [0.2, 0.25) is 0 Å². The second-order valence-corrected chi connectivity index (χ2v) is 4.57. The van der Waals surface area contributed by atoms with Gasteiger partial charge < -0.3 is 9.47 Å². The third-order valence-corrected chi connectivity index (χ3v) is 3.49. The molecule has 0 fully saturated rings. The van der Waals surface area contributed by atoms with Crippen molar-refractivity contribution < 1.29 is 14.3 Å². The molecule has 0 aliphatic rings. The van der Waals surface area contributed by atoms with E-state index < -0.39 is 0 Å². The predicted molar refractivity (Wildman–Crippen MR) is 78.1 cm³/mol. The van der Waals surface area contributed by atoms with Gasteiger partial charge in [-0.15, -0.1) is 0 Å².